The average Bonchev–Trinajstić information content (AvgIpc) is 2.92. The van der Waals surface area contributed by atoms with Gasteiger partial charge in [0.25, 0.3) is 0 Å². The molecule has 0 saturated carbocycles. The molecule has 0 aliphatic rings. The van der Waals surface area contributed by atoms with Crippen molar-refractivity contribution in [1.82, 2.24) is 19.9 Å². The Morgan fingerprint density at radius 1 is 1.32 bits per heavy atom. The maximum Gasteiger partial charge on any atom is 0.161 e. The molecule has 0 bridgehead atoms. The predicted octanol–water partition coefficient (Wildman–Crippen LogP) is 2.57. The molecule has 0 aliphatic carbocycles. The highest BCUT2D eigenvalue weighted by Gasteiger charge is 2.11. The van der Waals surface area contributed by atoms with E-state index in [1.54, 1.807) is 13.3 Å². The number of aromatic amines is 1. The fraction of sp³-hybridized carbons (Fsp3) is 0.188. The first-order valence-electron chi connectivity index (χ1n) is 6.92. The van der Waals surface area contributed by atoms with Gasteiger partial charge in [0, 0.05) is 7.11 Å². The molecule has 0 aliphatic heterocycles. The standard InChI is InChI=1S/C16H17N5O/c1-10-5-6-12-13(8-10)21-16(20-12)14-15(17)18-9-11(19-14)4-3-7-22-2/h3-6,8-9H,7H2,1-2H3,(H2,17,18)(H,20,21). The average molecular weight is 295 g/mol. The molecular formula is C16H17N5O. The molecule has 1 aromatic carbocycles. The normalized spacial score (nSPS) is 11.5. The van der Waals surface area contributed by atoms with Gasteiger partial charge in [-0.25, -0.2) is 15.0 Å². The zero-order valence-corrected chi connectivity index (χ0v) is 12.5. The Labute approximate surface area is 128 Å². The van der Waals surface area contributed by atoms with E-state index in [2.05, 4.69) is 19.9 Å². The number of aromatic nitrogens is 4. The number of nitrogen functional groups attached to an aromatic ring is 1. The number of nitrogens with two attached hydrogens (primary N) is 1. The first-order chi connectivity index (χ1) is 10.7. The molecule has 0 radical (unpaired) electrons. The summed E-state index contributed by atoms with van der Waals surface area (Å²) in [7, 11) is 1.64. The van der Waals surface area contributed by atoms with Crippen molar-refractivity contribution in [2.75, 3.05) is 19.5 Å². The zero-order valence-electron chi connectivity index (χ0n) is 12.5. The highest BCUT2D eigenvalue weighted by Crippen LogP contribution is 2.23. The number of anilines is 1. The lowest BCUT2D eigenvalue weighted by molar-refractivity contribution is 0.234. The van der Waals surface area contributed by atoms with Crippen LogP contribution >= 0.6 is 0 Å². The van der Waals surface area contributed by atoms with Crippen LogP contribution in [0, 0.1) is 6.92 Å². The lowest BCUT2D eigenvalue weighted by Gasteiger charge is -2.02. The minimum absolute atomic E-state index is 0.347. The van der Waals surface area contributed by atoms with Gasteiger partial charge < -0.3 is 15.5 Å². The Morgan fingerprint density at radius 2 is 2.18 bits per heavy atom. The first kappa shape index (κ1) is 14.2. The topological polar surface area (TPSA) is 89.7 Å². The SMILES string of the molecule is COCC=Cc1cnc(N)c(-c2nc3ccc(C)cc3[nH]2)n1. The Balaban J connectivity index is 2.03. The number of nitrogens with zero attached hydrogens (tertiary/aromatic N) is 3. The fourth-order valence-corrected chi connectivity index (χ4v) is 2.17. The molecule has 3 aromatic rings. The zero-order chi connectivity index (χ0) is 15.5. The lowest BCUT2D eigenvalue weighted by Crippen LogP contribution is -1.99. The van der Waals surface area contributed by atoms with Gasteiger partial charge in [0.2, 0.25) is 0 Å². The summed E-state index contributed by atoms with van der Waals surface area (Å²) in [6, 6.07) is 6.03. The first-order valence-corrected chi connectivity index (χ1v) is 6.92. The quantitative estimate of drug-likeness (QED) is 0.772. The lowest BCUT2D eigenvalue weighted by atomic mass is 10.2. The number of ether oxygens (including phenoxy) is 1. The van der Waals surface area contributed by atoms with Crippen molar-refractivity contribution >= 4 is 22.9 Å². The molecule has 22 heavy (non-hydrogen) atoms. The van der Waals surface area contributed by atoms with Crippen LogP contribution in [0.3, 0.4) is 0 Å². The maximum absolute atomic E-state index is 5.95. The third kappa shape index (κ3) is 2.82. The van der Waals surface area contributed by atoms with Crippen LogP contribution in [0.2, 0.25) is 0 Å². The molecule has 2 aromatic heterocycles. The number of imidazole rings is 1. The molecule has 2 heterocycles. The van der Waals surface area contributed by atoms with E-state index in [1.807, 2.05) is 37.3 Å². The number of benzene rings is 1. The van der Waals surface area contributed by atoms with Gasteiger partial charge in [-0.15, -0.1) is 0 Å². The van der Waals surface area contributed by atoms with E-state index in [0.717, 1.165) is 16.6 Å². The van der Waals surface area contributed by atoms with Crippen LogP contribution < -0.4 is 5.73 Å². The van der Waals surface area contributed by atoms with Crippen LogP contribution in [0.4, 0.5) is 5.82 Å². The summed E-state index contributed by atoms with van der Waals surface area (Å²) < 4.78 is 4.98. The van der Waals surface area contributed by atoms with Gasteiger partial charge in [0.15, 0.2) is 11.6 Å². The molecular weight excluding hydrogens is 278 g/mol. The second kappa shape index (κ2) is 5.95. The second-order valence-electron chi connectivity index (χ2n) is 4.99. The number of methoxy groups -OCH3 is 1. The summed E-state index contributed by atoms with van der Waals surface area (Å²) in [6.45, 7) is 2.56. The van der Waals surface area contributed by atoms with Gasteiger partial charge in [-0.2, -0.15) is 0 Å². The Morgan fingerprint density at radius 3 is 3.00 bits per heavy atom. The Bertz CT molecular complexity index is 838. The minimum atomic E-state index is 0.347. The Kier molecular flexibility index (Phi) is 3.84. The number of nitrogens with one attached hydrogen (secondary N) is 1. The van der Waals surface area contributed by atoms with Gasteiger partial charge in [-0.05, 0) is 30.7 Å². The van der Waals surface area contributed by atoms with Gasteiger partial charge in [-0.3, -0.25) is 0 Å². The molecule has 3 N–H and O–H groups in total. The number of H-pyrrole nitrogens is 1. The smallest absolute Gasteiger partial charge is 0.161 e. The third-order valence-electron chi connectivity index (χ3n) is 3.23. The summed E-state index contributed by atoms with van der Waals surface area (Å²) in [5.41, 5.74) is 10.2. The summed E-state index contributed by atoms with van der Waals surface area (Å²) in [6.07, 6.45) is 5.33. The molecule has 6 nitrogen and oxygen atoms in total. The third-order valence-corrected chi connectivity index (χ3v) is 3.23. The minimum Gasteiger partial charge on any atom is -0.382 e. The van der Waals surface area contributed by atoms with E-state index < -0.39 is 0 Å². The molecule has 3 rings (SSSR count). The van der Waals surface area contributed by atoms with Crippen molar-refractivity contribution in [2.45, 2.75) is 6.92 Å². The number of hydrogen-bond acceptors (Lipinski definition) is 5. The molecule has 0 unspecified atom stereocenters. The van der Waals surface area contributed by atoms with Crippen molar-refractivity contribution in [3.05, 3.63) is 41.7 Å². The Hall–Kier alpha value is -2.73. The summed E-state index contributed by atoms with van der Waals surface area (Å²) in [4.78, 5) is 16.5. The van der Waals surface area contributed by atoms with Crippen LogP contribution in [0.1, 0.15) is 11.3 Å². The van der Waals surface area contributed by atoms with E-state index >= 15 is 0 Å². The highest BCUT2D eigenvalue weighted by molar-refractivity contribution is 5.81. The fourth-order valence-electron chi connectivity index (χ4n) is 2.17. The molecule has 6 heteroatoms. The van der Waals surface area contributed by atoms with Crippen LogP contribution in [-0.4, -0.2) is 33.7 Å². The second-order valence-corrected chi connectivity index (χ2v) is 4.99. The monoisotopic (exact) mass is 295 g/mol. The van der Waals surface area contributed by atoms with E-state index in [4.69, 9.17) is 10.5 Å². The molecule has 0 spiro atoms. The summed E-state index contributed by atoms with van der Waals surface area (Å²) >= 11 is 0. The van der Waals surface area contributed by atoms with Crippen molar-refractivity contribution in [3.8, 4) is 11.5 Å². The number of rotatable bonds is 4. The summed E-state index contributed by atoms with van der Waals surface area (Å²) in [5, 5.41) is 0. The summed E-state index contributed by atoms with van der Waals surface area (Å²) in [5.74, 6) is 0.965. The van der Waals surface area contributed by atoms with E-state index in [1.165, 1.54) is 0 Å². The van der Waals surface area contributed by atoms with Crippen LogP contribution in [-0.2, 0) is 4.74 Å². The van der Waals surface area contributed by atoms with Crippen LogP contribution in [0.25, 0.3) is 28.6 Å². The number of hydrogen-bond donors (Lipinski definition) is 2. The van der Waals surface area contributed by atoms with Crippen molar-refractivity contribution < 1.29 is 4.74 Å². The van der Waals surface area contributed by atoms with Crippen LogP contribution in [0.5, 0.6) is 0 Å². The van der Waals surface area contributed by atoms with E-state index in [0.29, 0.717) is 29.6 Å². The van der Waals surface area contributed by atoms with Crippen LogP contribution in [0.15, 0.2) is 30.5 Å². The van der Waals surface area contributed by atoms with Crippen molar-refractivity contribution in [1.29, 1.82) is 0 Å². The van der Waals surface area contributed by atoms with E-state index in [-0.39, 0.29) is 0 Å². The van der Waals surface area contributed by atoms with E-state index in [9.17, 15) is 0 Å². The number of aryl methyl sites for hydroxylation is 1. The van der Waals surface area contributed by atoms with Gasteiger partial charge >= 0.3 is 0 Å². The largest absolute Gasteiger partial charge is 0.382 e. The van der Waals surface area contributed by atoms with Crippen molar-refractivity contribution in [3.63, 3.8) is 0 Å². The molecule has 0 atom stereocenters. The van der Waals surface area contributed by atoms with Gasteiger partial charge in [0.05, 0.1) is 29.5 Å². The van der Waals surface area contributed by atoms with Gasteiger partial charge in [0.1, 0.15) is 5.69 Å². The molecule has 0 saturated heterocycles. The maximum atomic E-state index is 5.95. The molecule has 0 amide bonds. The number of fused-ring (bicyclic) bond motifs is 1. The highest BCUT2D eigenvalue weighted by atomic mass is 16.5. The predicted molar refractivity (Wildman–Crippen MR) is 87.2 cm³/mol. The van der Waals surface area contributed by atoms with Gasteiger partial charge in [-0.1, -0.05) is 12.1 Å². The van der Waals surface area contributed by atoms with Crippen molar-refractivity contribution in [2.24, 2.45) is 0 Å². The molecule has 112 valence electrons. The molecule has 0 fully saturated rings.